The predicted octanol–water partition coefficient (Wildman–Crippen LogP) is 2.52. The van der Waals surface area contributed by atoms with Crippen molar-refractivity contribution in [2.45, 2.75) is 38.4 Å². The van der Waals surface area contributed by atoms with Crippen LogP contribution in [0.25, 0.3) is 5.69 Å². The molecule has 4 rings (SSSR count). The van der Waals surface area contributed by atoms with Gasteiger partial charge < -0.3 is 25.2 Å². The number of hydrogen-bond acceptors (Lipinski definition) is 9. The van der Waals surface area contributed by atoms with E-state index in [0.717, 1.165) is 17.6 Å². The number of benzene rings is 1. The van der Waals surface area contributed by atoms with Gasteiger partial charge in [-0.1, -0.05) is 18.2 Å². The summed E-state index contributed by atoms with van der Waals surface area (Å²) in [6.07, 6.45) is 3.61. The molecule has 1 aliphatic heterocycles. The van der Waals surface area contributed by atoms with Crippen molar-refractivity contribution in [3.63, 3.8) is 0 Å². The average molecular weight is 567 g/mol. The first-order valence-electron chi connectivity index (χ1n) is 13.4. The summed E-state index contributed by atoms with van der Waals surface area (Å²) in [5.41, 5.74) is 1.76. The van der Waals surface area contributed by atoms with Crippen LogP contribution in [-0.4, -0.2) is 62.9 Å². The molecule has 0 radical (unpaired) electrons. The molecule has 1 aliphatic rings. The van der Waals surface area contributed by atoms with Crippen LogP contribution in [0, 0.1) is 17.0 Å². The van der Waals surface area contributed by atoms with Crippen LogP contribution in [0.2, 0.25) is 0 Å². The van der Waals surface area contributed by atoms with E-state index >= 15 is 0 Å². The minimum Gasteiger partial charge on any atom is -0.459 e. The standard InChI is InChI=1S/C28H34N6O7/c1-19-26(28(37)33(32(19)2)21-8-4-3-5-9-21)20-16-23(41-25(17-20)40-15-7-6-14-35)27(36)30-13-12-29-24-11-10-22(18-31-24)34(38)39/h3-5,8-11,16,18,20,25,35H,6-7,12-15,17H2,1-2H3,(H,29,31)(H,30,36)/t20-,25+/m1/s1. The Balaban J connectivity index is 1.49. The minimum absolute atomic E-state index is 0.0517. The molecule has 2 aromatic heterocycles. The molecule has 218 valence electrons. The zero-order valence-corrected chi connectivity index (χ0v) is 23.0. The molecule has 0 spiro atoms. The highest BCUT2D eigenvalue weighted by atomic mass is 16.7. The van der Waals surface area contributed by atoms with Crippen LogP contribution in [0.5, 0.6) is 0 Å². The molecular weight excluding hydrogens is 532 g/mol. The number of aliphatic hydroxyl groups is 1. The van der Waals surface area contributed by atoms with Gasteiger partial charge in [0, 0.05) is 56.4 Å². The lowest BCUT2D eigenvalue weighted by atomic mass is 9.93. The predicted molar refractivity (Wildman–Crippen MR) is 151 cm³/mol. The number of nitrogens with zero attached hydrogens (tertiary/aromatic N) is 4. The van der Waals surface area contributed by atoms with Gasteiger partial charge >= 0.3 is 0 Å². The van der Waals surface area contributed by atoms with Gasteiger partial charge in [-0.2, -0.15) is 0 Å². The Morgan fingerprint density at radius 2 is 2.00 bits per heavy atom. The van der Waals surface area contributed by atoms with Crippen molar-refractivity contribution >= 4 is 17.4 Å². The summed E-state index contributed by atoms with van der Waals surface area (Å²) in [5.74, 6) is -0.410. The van der Waals surface area contributed by atoms with Crippen molar-refractivity contribution < 1.29 is 24.3 Å². The number of carbonyl (C=O) groups excluding carboxylic acids is 1. The number of para-hydroxylation sites is 1. The molecule has 0 bridgehead atoms. The Labute approximate surface area is 236 Å². The number of allylic oxidation sites excluding steroid dienone is 1. The highest BCUT2D eigenvalue weighted by molar-refractivity contribution is 5.91. The van der Waals surface area contributed by atoms with E-state index in [1.807, 2.05) is 44.3 Å². The molecule has 2 atom stereocenters. The van der Waals surface area contributed by atoms with E-state index < -0.39 is 23.0 Å². The smallest absolute Gasteiger partial charge is 0.287 e. The number of aromatic nitrogens is 3. The van der Waals surface area contributed by atoms with Gasteiger partial charge in [0.05, 0.1) is 17.2 Å². The maximum Gasteiger partial charge on any atom is 0.287 e. The number of nitrogens with one attached hydrogen (secondary N) is 2. The van der Waals surface area contributed by atoms with Gasteiger partial charge in [-0.3, -0.25) is 24.4 Å². The van der Waals surface area contributed by atoms with Crippen molar-refractivity contribution in [1.82, 2.24) is 19.7 Å². The number of aliphatic hydroxyl groups excluding tert-OH is 1. The normalized spacial score (nSPS) is 16.5. The van der Waals surface area contributed by atoms with Crippen molar-refractivity contribution in [2.24, 2.45) is 7.05 Å². The first-order valence-corrected chi connectivity index (χ1v) is 13.4. The Morgan fingerprint density at radius 3 is 2.68 bits per heavy atom. The molecule has 41 heavy (non-hydrogen) atoms. The average Bonchev–Trinajstić information content (AvgIpc) is 3.20. The van der Waals surface area contributed by atoms with Gasteiger partial charge in [0.25, 0.3) is 17.2 Å². The molecule has 3 heterocycles. The second-order valence-electron chi connectivity index (χ2n) is 9.54. The Hall–Kier alpha value is -4.49. The van der Waals surface area contributed by atoms with Crippen molar-refractivity contribution in [2.75, 3.05) is 31.6 Å². The fourth-order valence-corrected chi connectivity index (χ4v) is 4.62. The monoisotopic (exact) mass is 566 g/mol. The summed E-state index contributed by atoms with van der Waals surface area (Å²) in [7, 11) is 1.82. The fraction of sp³-hybridized carbons (Fsp3) is 0.393. The minimum atomic E-state index is -0.754. The Bertz CT molecular complexity index is 1430. The first-order chi connectivity index (χ1) is 19.8. The second-order valence-corrected chi connectivity index (χ2v) is 9.54. The summed E-state index contributed by atoms with van der Waals surface area (Å²) in [5, 5.41) is 25.6. The van der Waals surface area contributed by atoms with Gasteiger partial charge in [0.15, 0.2) is 5.76 Å². The molecule has 3 N–H and O–H groups in total. The van der Waals surface area contributed by atoms with E-state index in [9.17, 15) is 19.7 Å². The zero-order valence-electron chi connectivity index (χ0n) is 23.0. The summed E-state index contributed by atoms with van der Waals surface area (Å²) < 4.78 is 15.2. The van der Waals surface area contributed by atoms with Crippen LogP contribution >= 0.6 is 0 Å². The molecule has 0 aliphatic carbocycles. The van der Waals surface area contributed by atoms with E-state index in [1.165, 1.54) is 12.1 Å². The third-order valence-corrected chi connectivity index (χ3v) is 6.78. The lowest BCUT2D eigenvalue weighted by Crippen LogP contribution is -2.35. The largest absolute Gasteiger partial charge is 0.459 e. The van der Waals surface area contributed by atoms with Gasteiger partial charge in [-0.05, 0) is 44.0 Å². The SMILES string of the molecule is Cc1c([C@@H]2C=C(C(=O)NCCNc3ccc([N+](=O)[O-])cn3)O[C@H](OCCCCO)C2)c(=O)n(-c2ccccc2)n1C. The number of pyridine rings is 1. The molecule has 0 saturated carbocycles. The number of rotatable bonds is 13. The quantitative estimate of drug-likeness (QED) is 0.160. The van der Waals surface area contributed by atoms with Crippen LogP contribution in [-0.2, 0) is 21.3 Å². The van der Waals surface area contributed by atoms with Crippen molar-refractivity contribution in [3.8, 4) is 5.69 Å². The third kappa shape index (κ3) is 7.18. The van der Waals surface area contributed by atoms with Gasteiger partial charge in [-0.15, -0.1) is 0 Å². The molecule has 3 aromatic rings. The number of amides is 1. The van der Waals surface area contributed by atoms with Gasteiger partial charge in [-0.25, -0.2) is 9.67 Å². The number of unbranched alkanes of at least 4 members (excludes halogenated alkanes) is 1. The highest BCUT2D eigenvalue weighted by Gasteiger charge is 2.32. The van der Waals surface area contributed by atoms with Crippen molar-refractivity contribution in [3.05, 3.63) is 92.2 Å². The number of anilines is 1. The second kappa shape index (κ2) is 13.7. The number of hydrogen-bond donors (Lipinski definition) is 3. The fourth-order valence-electron chi connectivity index (χ4n) is 4.62. The van der Waals surface area contributed by atoms with E-state index in [1.54, 1.807) is 15.4 Å². The van der Waals surface area contributed by atoms with Crippen LogP contribution in [0.15, 0.2) is 65.3 Å². The van der Waals surface area contributed by atoms with Crippen LogP contribution in [0.1, 0.15) is 36.4 Å². The maximum absolute atomic E-state index is 13.6. The summed E-state index contributed by atoms with van der Waals surface area (Å²) in [6.45, 7) is 2.79. The van der Waals surface area contributed by atoms with Crippen LogP contribution < -0.4 is 16.2 Å². The molecule has 0 fully saturated rings. The number of nitro groups is 1. The van der Waals surface area contributed by atoms with E-state index in [4.69, 9.17) is 14.6 Å². The van der Waals surface area contributed by atoms with E-state index in [-0.39, 0.29) is 30.2 Å². The molecular formula is C28H34N6O7. The summed E-state index contributed by atoms with van der Waals surface area (Å²) >= 11 is 0. The number of carbonyl (C=O) groups is 1. The lowest BCUT2D eigenvalue weighted by molar-refractivity contribution is -0.385. The molecule has 13 nitrogen and oxygen atoms in total. The Kier molecular flexibility index (Phi) is 9.87. The topological polar surface area (TPSA) is 163 Å². The maximum atomic E-state index is 13.6. The summed E-state index contributed by atoms with van der Waals surface area (Å²) in [6, 6.07) is 12.2. The van der Waals surface area contributed by atoms with Crippen molar-refractivity contribution in [1.29, 1.82) is 0 Å². The third-order valence-electron chi connectivity index (χ3n) is 6.78. The molecule has 0 saturated heterocycles. The Morgan fingerprint density at radius 1 is 1.22 bits per heavy atom. The summed E-state index contributed by atoms with van der Waals surface area (Å²) in [4.78, 5) is 41.0. The number of ether oxygens (including phenoxy) is 2. The van der Waals surface area contributed by atoms with E-state index in [2.05, 4.69) is 15.6 Å². The van der Waals surface area contributed by atoms with E-state index in [0.29, 0.717) is 43.8 Å². The highest BCUT2D eigenvalue weighted by Crippen LogP contribution is 2.32. The zero-order chi connectivity index (χ0) is 29.4. The lowest BCUT2D eigenvalue weighted by Gasteiger charge is -2.29. The molecule has 0 unspecified atom stereocenters. The van der Waals surface area contributed by atoms with Gasteiger partial charge in [0.2, 0.25) is 6.29 Å². The first kappa shape index (κ1) is 29.5. The van der Waals surface area contributed by atoms with Crippen LogP contribution in [0.4, 0.5) is 11.5 Å². The molecule has 1 amide bonds. The van der Waals surface area contributed by atoms with Crippen LogP contribution in [0.3, 0.4) is 0 Å². The van der Waals surface area contributed by atoms with Gasteiger partial charge in [0.1, 0.15) is 12.0 Å². The molecule has 1 aromatic carbocycles. The molecule has 13 heteroatoms.